The summed E-state index contributed by atoms with van der Waals surface area (Å²) in [5, 5.41) is 0. The smallest absolute Gasteiger partial charge is 0.215 e. The van der Waals surface area contributed by atoms with Crippen molar-refractivity contribution in [3.63, 3.8) is 0 Å². The van der Waals surface area contributed by atoms with Crippen LogP contribution in [0.3, 0.4) is 0 Å². The van der Waals surface area contributed by atoms with Crippen LogP contribution in [0, 0.1) is 0 Å². The van der Waals surface area contributed by atoms with Crippen LogP contribution >= 0.6 is 0 Å². The molecule has 0 bridgehead atoms. The Morgan fingerprint density at radius 2 is 2.46 bits per heavy atom. The average molecular weight is 180 g/mol. The largest absolute Gasteiger partial charge is 0.472 e. The fraction of sp³-hybridized carbons (Fsp3) is 0.444. The molecule has 0 spiro atoms. The predicted octanol–water partition coefficient (Wildman–Crippen LogP) is 0.831. The van der Waals surface area contributed by atoms with Crippen LogP contribution in [0.4, 0.5) is 5.82 Å². The summed E-state index contributed by atoms with van der Waals surface area (Å²) in [6.07, 6.45) is 1.06. The normalized spacial score (nSPS) is 21.7. The van der Waals surface area contributed by atoms with Gasteiger partial charge in [0.15, 0.2) is 0 Å². The van der Waals surface area contributed by atoms with Crippen LogP contribution in [0.25, 0.3) is 0 Å². The molecule has 1 atom stereocenters. The fourth-order valence-corrected chi connectivity index (χ4v) is 1.27. The van der Waals surface area contributed by atoms with Crippen LogP contribution in [0.15, 0.2) is 18.2 Å². The van der Waals surface area contributed by atoms with E-state index in [1.807, 2.05) is 6.07 Å². The molecule has 1 saturated heterocycles. The second-order valence-corrected chi connectivity index (χ2v) is 3.00. The summed E-state index contributed by atoms with van der Waals surface area (Å²) in [5.41, 5.74) is 5.51. The third-order valence-electron chi connectivity index (χ3n) is 1.92. The minimum atomic E-state index is 0.134. The molecule has 13 heavy (non-hydrogen) atoms. The molecule has 70 valence electrons. The van der Waals surface area contributed by atoms with Gasteiger partial charge in [-0.25, -0.2) is 0 Å². The minimum Gasteiger partial charge on any atom is -0.472 e. The molecule has 0 amide bonds. The first-order valence-electron chi connectivity index (χ1n) is 4.31. The van der Waals surface area contributed by atoms with Crippen LogP contribution in [0.5, 0.6) is 5.88 Å². The Kier molecular flexibility index (Phi) is 2.31. The van der Waals surface area contributed by atoms with Gasteiger partial charge in [-0.05, 0) is 6.07 Å². The molecule has 0 aromatic carbocycles. The zero-order valence-corrected chi connectivity index (χ0v) is 7.27. The van der Waals surface area contributed by atoms with Crippen LogP contribution in [-0.2, 0) is 4.74 Å². The molecule has 2 rings (SSSR count). The maximum Gasteiger partial charge on any atom is 0.215 e. The van der Waals surface area contributed by atoms with Gasteiger partial charge in [-0.3, -0.25) is 0 Å². The monoisotopic (exact) mass is 180 g/mol. The van der Waals surface area contributed by atoms with Crippen molar-refractivity contribution < 1.29 is 9.47 Å². The van der Waals surface area contributed by atoms with Gasteiger partial charge in [-0.1, -0.05) is 6.07 Å². The molecule has 1 aliphatic heterocycles. The van der Waals surface area contributed by atoms with Crippen molar-refractivity contribution in [2.45, 2.75) is 12.5 Å². The highest BCUT2D eigenvalue weighted by molar-refractivity contribution is 5.31. The van der Waals surface area contributed by atoms with E-state index in [0.29, 0.717) is 18.3 Å². The third-order valence-corrected chi connectivity index (χ3v) is 1.92. The number of hydrogen-bond donors (Lipinski definition) is 1. The van der Waals surface area contributed by atoms with Crippen molar-refractivity contribution in [2.75, 3.05) is 18.9 Å². The standard InChI is InChI=1S/C9H12N2O2/c10-8-2-1-3-9(11-8)13-7-4-5-12-6-7/h1-3,7H,4-6H2,(H2,10,11). The number of nitrogens with two attached hydrogens (primary N) is 1. The van der Waals surface area contributed by atoms with Gasteiger partial charge in [0.1, 0.15) is 11.9 Å². The summed E-state index contributed by atoms with van der Waals surface area (Å²) in [7, 11) is 0. The van der Waals surface area contributed by atoms with E-state index in [0.717, 1.165) is 13.0 Å². The molecule has 4 nitrogen and oxygen atoms in total. The van der Waals surface area contributed by atoms with Crippen molar-refractivity contribution in [1.29, 1.82) is 0 Å². The van der Waals surface area contributed by atoms with Gasteiger partial charge in [0.25, 0.3) is 0 Å². The van der Waals surface area contributed by atoms with Crippen molar-refractivity contribution in [3.8, 4) is 5.88 Å². The summed E-state index contributed by atoms with van der Waals surface area (Å²) in [4.78, 5) is 4.04. The Morgan fingerprint density at radius 1 is 1.54 bits per heavy atom. The summed E-state index contributed by atoms with van der Waals surface area (Å²) < 4.78 is 10.7. The highest BCUT2D eigenvalue weighted by Gasteiger charge is 2.17. The lowest BCUT2D eigenvalue weighted by Gasteiger charge is -2.10. The molecule has 1 aliphatic rings. The van der Waals surface area contributed by atoms with E-state index in [-0.39, 0.29) is 6.10 Å². The Morgan fingerprint density at radius 3 is 3.15 bits per heavy atom. The summed E-state index contributed by atoms with van der Waals surface area (Å²) in [5.74, 6) is 1.06. The number of anilines is 1. The van der Waals surface area contributed by atoms with E-state index in [1.54, 1.807) is 12.1 Å². The van der Waals surface area contributed by atoms with E-state index in [4.69, 9.17) is 15.2 Å². The number of nitrogen functional groups attached to an aromatic ring is 1. The quantitative estimate of drug-likeness (QED) is 0.732. The maximum absolute atomic E-state index is 5.54. The number of hydrogen-bond acceptors (Lipinski definition) is 4. The molecule has 2 heterocycles. The highest BCUT2D eigenvalue weighted by atomic mass is 16.5. The Labute approximate surface area is 76.7 Å². The molecular weight excluding hydrogens is 168 g/mol. The lowest BCUT2D eigenvalue weighted by molar-refractivity contribution is 0.138. The van der Waals surface area contributed by atoms with Gasteiger partial charge < -0.3 is 15.2 Å². The molecular formula is C9H12N2O2. The first-order valence-corrected chi connectivity index (χ1v) is 4.31. The highest BCUT2D eigenvalue weighted by Crippen LogP contribution is 2.15. The number of nitrogens with zero attached hydrogens (tertiary/aromatic N) is 1. The first-order chi connectivity index (χ1) is 6.34. The number of rotatable bonds is 2. The second kappa shape index (κ2) is 3.62. The molecule has 1 fully saturated rings. The average Bonchev–Trinajstić information content (AvgIpc) is 2.57. The van der Waals surface area contributed by atoms with Gasteiger partial charge in [-0.2, -0.15) is 4.98 Å². The van der Waals surface area contributed by atoms with E-state index >= 15 is 0 Å². The zero-order chi connectivity index (χ0) is 9.10. The fourth-order valence-electron chi connectivity index (χ4n) is 1.27. The summed E-state index contributed by atoms with van der Waals surface area (Å²) in [6, 6.07) is 5.36. The third kappa shape index (κ3) is 2.09. The maximum atomic E-state index is 5.54. The summed E-state index contributed by atoms with van der Waals surface area (Å²) in [6.45, 7) is 1.42. The molecule has 1 aromatic heterocycles. The zero-order valence-electron chi connectivity index (χ0n) is 7.27. The second-order valence-electron chi connectivity index (χ2n) is 3.00. The lowest BCUT2D eigenvalue weighted by Crippen LogP contribution is -2.16. The lowest BCUT2D eigenvalue weighted by atomic mass is 10.3. The van der Waals surface area contributed by atoms with Crippen molar-refractivity contribution in [2.24, 2.45) is 0 Å². The Balaban J connectivity index is 2.00. The first kappa shape index (κ1) is 8.31. The van der Waals surface area contributed by atoms with Crippen LogP contribution < -0.4 is 10.5 Å². The van der Waals surface area contributed by atoms with Gasteiger partial charge in [0, 0.05) is 12.5 Å². The summed E-state index contributed by atoms with van der Waals surface area (Å²) >= 11 is 0. The SMILES string of the molecule is Nc1cccc(OC2CCOC2)n1. The van der Waals surface area contributed by atoms with Crippen molar-refractivity contribution in [1.82, 2.24) is 4.98 Å². The van der Waals surface area contributed by atoms with Crippen molar-refractivity contribution >= 4 is 5.82 Å². The molecule has 4 heteroatoms. The van der Waals surface area contributed by atoms with Gasteiger partial charge in [0.2, 0.25) is 5.88 Å². The van der Waals surface area contributed by atoms with E-state index in [1.165, 1.54) is 0 Å². The van der Waals surface area contributed by atoms with Crippen LogP contribution in [0.2, 0.25) is 0 Å². The van der Waals surface area contributed by atoms with Gasteiger partial charge in [-0.15, -0.1) is 0 Å². The van der Waals surface area contributed by atoms with Crippen LogP contribution in [0.1, 0.15) is 6.42 Å². The van der Waals surface area contributed by atoms with E-state index in [9.17, 15) is 0 Å². The molecule has 0 saturated carbocycles. The van der Waals surface area contributed by atoms with Crippen LogP contribution in [-0.4, -0.2) is 24.3 Å². The Bertz CT molecular complexity index is 285. The van der Waals surface area contributed by atoms with E-state index in [2.05, 4.69) is 4.98 Å². The number of aromatic nitrogens is 1. The van der Waals surface area contributed by atoms with E-state index < -0.39 is 0 Å². The van der Waals surface area contributed by atoms with Gasteiger partial charge >= 0.3 is 0 Å². The minimum absolute atomic E-state index is 0.134. The van der Waals surface area contributed by atoms with Gasteiger partial charge in [0.05, 0.1) is 13.2 Å². The predicted molar refractivity (Wildman–Crippen MR) is 48.5 cm³/mol. The Hall–Kier alpha value is -1.29. The van der Waals surface area contributed by atoms with Crippen molar-refractivity contribution in [3.05, 3.63) is 18.2 Å². The molecule has 2 N–H and O–H groups in total. The number of ether oxygens (including phenoxy) is 2. The molecule has 0 aliphatic carbocycles. The molecule has 0 radical (unpaired) electrons. The molecule has 1 aromatic rings. The topological polar surface area (TPSA) is 57.4 Å². The molecule has 1 unspecified atom stereocenters. The number of pyridine rings is 1.